The van der Waals surface area contributed by atoms with E-state index in [4.69, 9.17) is 0 Å². The molecule has 2 N–H and O–H groups in total. The standard InChI is InChI=1S/C20H22N2O2S/c1-12-8-9-14(10-13(12)2)15-11-21-19(23)18(15)20(24)22-16-6-4-5-7-17(16)25-3/h4-10,15,18H,11H2,1-3H3,(H,21,23)(H,22,24)/t15-,18-/m1/s1. The summed E-state index contributed by atoms with van der Waals surface area (Å²) in [7, 11) is 0. The van der Waals surface area contributed by atoms with Gasteiger partial charge in [-0.05, 0) is 48.9 Å². The van der Waals surface area contributed by atoms with E-state index >= 15 is 0 Å². The van der Waals surface area contributed by atoms with Crippen LogP contribution in [0.1, 0.15) is 22.6 Å². The zero-order chi connectivity index (χ0) is 18.0. The highest BCUT2D eigenvalue weighted by Crippen LogP contribution is 2.32. The third-order valence-electron chi connectivity index (χ3n) is 4.79. The zero-order valence-electron chi connectivity index (χ0n) is 14.6. The quantitative estimate of drug-likeness (QED) is 0.653. The number of benzene rings is 2. The molecule has 4 nitrogen and oxygen atoms in total. The molecule has 2 aromatic rings. The Morgan fingerprint density at radius 3 is 2.64 bits per heavy atom. The van der Waals surface area contributed by atoms with Crippen LogP contribution in [0.25, 0.3) is 0 Å². The zero-order valence-corrected chi connectivity index (χ0v) is 15.4. The van der Waals surface area contributed by atoms with Crippen molar-refractivity contribution in [1.29, 1.82) is 0 Å². The van der Waals surface area contributed by atoms with Crippen LogP contribution in [0.3, 0.4) is 0 Å². The van der Waals surface area contributed by atoms with Gasteiger partial charge in [0.2, 0.25) is 11.8 Å². The summed E-state index contributed by atoms with van der Waals surface area (Å²) in [5.74, 6) is -1.31. The molecule has 0 unspecified atom stereocenters. The maximum absolute atomic E-state index is 12.8. The Kier molecular flexibility index (Phi) is 5.13. The Hall–Kier alpha value is -2.27. The van der Waals surface area contributed by atoms with Crippen LogP contribution in [0.5, 0.6) is 0 Å². The van der Waals surface area contributed by atoms with Gasteiger partial charge in [-0.1, -0.05) is 30.3 Å². The minimum Gasteiger partial charge on any atom is -0.355 e. The minimum absolute atomic E-state index is 0.145. The van der Waals surface area contributed by atoms with Crippen molar-refractivity contribution in [3.63, 3.8) is 0 Å². The summed E-state index contributed by atoms with van der Waals surface area (Å²) in [5, 5.41) is 5.78. The molecule has 0 bridgehead atoms. The number of hydrogen-bond acceptors (Lipinski definition) is 3. The van der Waals surface area contributed by atoms with Gasteiger partial charge in [-0.25, -0.2) is 0 Å². The first-order valence-corrected chi connectivity index (χ1v) is 9.52. The molecule has 1 aliphatic rings. The summed E-state index contributed by atoms with van der Waals surface area (Å²) in [4.78, 5) is 26.1. The van der Waals surface area contributed by atoms with Gasteiger partial charge < -0.3 is 10.6 Å². The van der Waals surface area contributed by atoms with Crippen molar-refractivity contribution in [1.82, 2.24) is 5.32 Å². The molecule has 25 heavy (non-hydrogen) atoms. The summed E-state index contributed by atoms with van der Waals surface area (Å²) in [6.45, 7) is 4.59. The Bertz CT molecular complexity index is 819. The van der Waals surface area contributed by atoms with E-state index in [1.54, 1.807) is 11.8 Å². The second-order valence-corrected chi connectivity index (χ2v) is 7.21. The highest BCUT2D eigenvalue weighted by atomic mass is 32.2. The van der Waals surface area contributed by atoms with Crippen LogP contribution in [0.4, 0.5) is 5.69 Å². The monoisotopic (exact) mass is 354 g/mol. The van der Waals surface area contributed by atoms with Crippen LogP contribution in [-0.4, -0.2) is 24.6 Å². The molecule has 1 heterocycles. The van der Waals surface area contributed by atoms with Gasteiger partial charge in [0.1, 0.15) is 5.92 Å². The van der Waals surface area contributed by atoms with Gasteiger partial charge in [-0.3, -0.25) is 9.59 Å². The average molecular weight is 354 g/mol. The number of para-hydroxylation sites is 1. The number of anilines is 1. The lowest BCUT2D eigenvalue weighted by Crippen LogP contribution is -2.32. The number of amides is 2. The molecule has 1 saturated heterocycles. The second-order valence-electron chi connectivity index (χ2n) is 6.36. The molecule has 0 aliphatic carbocycles. The van der Waals surface area contributed by atoms with Crippen molar-refractivity contribution in [2.75, 3.05) is 18.1 Å². The van der Waals surface area contributed by atoms with E-state index in [2.05, 4.69) is 23.6 Å². The predicted octanol–water partition coefficient (Wildman–Crippen LogP) is 3.49. The lowest BCUT2D eigenvalue weighted by molar-refractivity contribution is -0.130. The van der Waals surface area contributed by atoms with Gasteiger partial charge in [0.15, 0.2) is 0 Å². The first kappa shape index (κ1) is 17.5. The number of hydrogen-bond donors (Lipinski definition) is 2. The van der Waals surface area contributed by atoms with Crippen molar-refractivity contribution in [2.24, 2.45) is 5.92 Å². The fourth-order valence-electron chi connectivity index (χ4n) is 3.19. The van der Waals surface area contributed by atoms with Gasteiger partial charge in [0.25, 0.3) is 0 Å². The molecule has 0 saturated carbocycles. The molecule has 130 valence electrons. The highest BCUT2D eigenvalue weighted by molar-refractivity contribution is 7.98. The van der Waals surface area contributed by atoms with Crippen LogP contribution in [0, 0.1) is 19.8 Å². The maximum atomic E-state index is 12.8. The van der Waals surface area contributed by atoms with Gasteiger partial charge in [-0.15, -0.1) is 11.8 Å². The van der Waals surface area contributed by atoms with Gasteiger partial charge >= 0.3 is 0 Å². The number of nitrogens with one attached hydrogen (secondary N) is 2. The molecule has 3 rings (SSSR count). The van der Waals surface area contributed by atoms with Crippen molar-refractivity contribution in [3.05, 3.63) is 59.2 Å². The Balaban J connectivity index is 1.86. The summed E-state index contributed by atoms with van der Waals surface area (Å²) in [6, 6.07) is 13.8. The largest absolute Gasteiger partial charge is 0.355 e. The number of thioether (sulfide) groups is 1. The fourth-order valence-corrected chi connectivity index (χ4v) is 3.74. The lowest BCUT2D eigenvalue weighted by atomic mass is 9.86. The third-order valence-corrected chi connectivity index (χ3v) is 5.58. The van der Waals surface area contributed by atoms with Crippen molar-refractivity contribution in [2.45, 2.75) is 24.7 Å². The molecule has 5 heteroatoms. The van der Waals surface area contributed by atoms with Crippen LogP contribution >= 0.6 is 11.8 Å². The fraction of sp³-hybridized carbons (Fsp3) is 0.300. The van der Waals surface area contributed by atoms with E-state index in [0.717, 1.165) is 16.1 Å². The van der Waals surface area contributed by atoms with Crippen molar-refractivity contribution < 1.29 is 9.59 Å². The molecule has 0 aromatic heterocycles. The number of rotatable bonds is 4. The number of aryl methyl sites for hydroxylation is 2. The first-order chi connectivity index (χ1) is 12.0. The van der Waals surface area contributed by atoms with Crippen LogP contribution in [0.2, 0.25) is 0 Å². The Labute approximate surface area is 152 Å². The molecule has 0 radical (unpaired) electrons. The second kappa shape index (κ2) is 7.31. The highest BCUT2D eigenvalue weighted by Gasteiger charge is 2.41. The Morgan fingerprint density at radius 1 is 1.16 bits per heavy atom. The molecule has 2 atom stereocenters. The average Bonchev–Trinajstić information content (AvgIpc) is 2.99. The normalized spacial score (nSPS) is 19.6. The SMILES string of the molecule is CSc1ccccc1NC(=O)[C@H]1C(=O)NC[C@@H]1c1ccc(C)c(C)c1. The summed E-state index contributed by atoms with van der Waals surface area (Å²) < 4.78 is 0. The van der Waals surface area contributed by atoms with Gasteiger partial charge in [0.05, 0.1) is 5.69 Å². The minimum atomic E-state index is -0.711. The van der Waals surface area contributed by atoms with Gasteiger partial charge in [0, 0.05) is 17.4 Å². The molecule has 1 fully saturated rings. The van der Waals surface area contributed by atoms with E-state index < -0.39 is 5.92 Å². The summed E-state index contributed by atoms with van der Waals surface area (Å²) in [6.07, 6.45) is 1.96. The van der Waals surface area contributed by atoms with E-state index in [0.29, 0.717) is 6.54 Å². The van der Waals surface area contributed by atoms with Crippen molar-refractivity contribution >= 4 is 29.3 Å². The van der Waals surface area contributed by atoms with E-state index in [1.807, 2.05) is 49.6 Å². The molecule has 2 aromatic carbocycles. The van der Waals surface area contributed by atoms with Crippen LogP contribution in [-0.2, 0) is 9.59 Å². The third kappa shape index (κ3) is 3.56. The van der Waals surface area contributed by atoms with Crippen molar-refractivity contribution in [3.8, 4) is 0 Å². The van der Waals surface area contributed by atoms with E-state index in [9.17, 15) is 9.59 Å². The molecular formula is C20H22N2O2S. The molecular weight excluding hydrogens is 332 g/mol. The maximum Gasteiger partial charge on any atom is 0.237 e. The molecule has 0 spiro atoms. The lowest BCUT2D eigenvalue weighted by Gasteiger charge is -2.19. The first-order valence-electron chi connectivity index (χ1n) is 8.30. The number of carbonyl (C=O) groups excluding carboxylic acids is 2. The Morgan fingerprint density at radius 2 is 1.92 bits per heavy atom. The van der Waals surface area contributed by atoms with Gasteiger partial charge in [-0.2, -0.15) is 0 Å². The van der Waals surface area contributed by atoms with Crippen LogP contribution < -0.4 is 10.6 Å². The summed E-state index contributed by atoms with van der Waals surface area (Å²) in [5.41, 5.74) is 4.15. The smallest absolute Gasteiger partial charge is 0.237 e. The predicted molar refractivity (Wildman–Crippen MR) is 102 cm³/mol. The van der Waals surface area contributed by atoms with Crippen LogP contribution in [0.15, 0.2) is 47.4 Å². The topological polar surface area (TPSA) is 58.2 Å². The number of carbonyl (C=O) groups is 2. The molecule has 2 amide bonds. The van der Waals surface area contributed by atoms with E-state index in [-0.39, 0.29) is 17.7 Å². The van der Waals surface area contributed by atoms with E-state index in [1.165, 1.54) is 11.1 Å². The summed E-state index contributed by atoms with van der Waals surface area (Å²) >= 11 is 1.57. The molecule has 1 aliphatic heterocycles.